The van der Waals surface area contributed by atoms with E-state index in [1.807, 2.05) is 31.2 Å². The van der Waals surface area contributed by atoms with Crippen molar-refractivity contribution in [1.82, 2.24) is 15.5 Å². The normalized spacial score (nSPS) is 16.5. The average Bonchev–Trinajstić information content (AvgIpc) is 3.08. The number of aryl methyl sites for hydroxylation is 1. The van der Waals surface area contributed by atoms with Gasteiger partial charge in [0.25, 0.3) is 0 Å². The molecule has 1 aliphatic heterocycles. The molecule has 0 bridgehead atoms. The second-order valence-corrected chi connectivity index (χ2v) is 5.48. The quantitative estimate of drug-likeness (QED) is 0.897. The summed E-state index contributed by atoms with van der Waals surface area (Å²) < 4.78 is 0. The summed E-state index contributed by atoms with van der Waals surface area (Å²) in [6.07, 6.45) is 2.24. The van der Waals surface area contributed by atoms with Gasteiger partial charge in [0.1, 0.15) is 6.04 Å². The number of rotatable bonds is 3. The van der Waals surface area contributed by atoms with Gasteiger partial charge in [-0.3, -0.25) is 19.6 Å². The summed E-state index contributed by atoms with van der Waals surface area (Å²) in [5.41, 5.74) is 3.73. The molecule has 6 heteroatoms. The van der Waals surface area contributed by atoms with E-state index in [-0.39, 0.29) is 11.8 Å². The monoisotopic (exact) mass is 298 g/mol. The first-order chi connectivity index (χ1) is 10.6. The summed E-state index contributed by atoms with van der Waals surface area (Å²) in [6.45, 7) is 3.80. The molecule has 1 aliphatic rings. The van der Waals surface area contributed by atoms with Crippen LogP contribution in [0, 0.1) is 6.92 Å². The summed E-state index contributed by atoms with van der Waals surface area (Å²) in [5, 5.41) is 9.66. The highest BCUT2D eigenvalue weighted by molar-refractivity contribution is 6.02. The fraction of sp³-hybridized carbons (Fsp3) is 0.312. The number of hydrogen-bond donors (Lipinski definition) is 2. The zero-order chi connectivity index (χ0) is 15.7. The lowest BCUT2D eigenvalue weighted by Gasteiger charge is -2.23. The molecule has 2 heterocycles. The van der Waals surface area contributed by atoms with Crippen LogP contribution < -0.4 is 10.2 Å². The van der Waals surface area contributed by atoms with E-state index in [2.05, 4.69) is 15.5 Å². The van der Waals surface area contributed by atoms with Gasteiger partial charge in [-0.1, -0.05) is 18.2 Å². The molecule has 1 atom stereocenters. The second kappa shape index (κ2) is 5.63. The standard InChI is InChI=1S/C16H18N4O2/c1-10-13(9-18-19-10)8-17-16(22)15-7-12-5-3-4-6-14(12)20(15)11(2)21/h3-6,9,15H,7-8H2,1-2H3,(H,17,22)(H,18,19)/t15-/m0/s1. The van der Waals surface area contributed by atoms with Crippen molar-refractivity contribution in [3.63, 3.8) is 0 Å². The molecule has 2 N–H and O–H groups in total. The molecule has 0 unspecified atom stereocenters. The van der Waals surface area contributed by atoms with Crippen molar-refractivity contribution in [3.8, 4) is 0 Å². The van der Waals surface area contributed by atoms with Gasteiger partial charge in [-0.15, -0.1) is 0 Å². The van der Waals surface area contributed by atoms with Crippen LogP contribution in [-0.2, 0) is 22.6 Å². The van der Waals surface area contributed by atoms with Gasteiger partial charge in [-0.25, -0.2) is 0 Å². The molecule has 0 saturated heterocycles. The van der Waals surface area contributed by atoms with Gasteiger partial charge in [0.2, 0.25) is 11.8 Å². The Labute approximate surface area is 128 Å². The van der Waals surface area contributed by atoms with E-state index < -0.39 is 6.04 Å². The SMILES string of the molecule is CC(=O)N1c2ccccc2C[C@H]1C(=O)NCc1cn[nH]c1C. The van der Waals surface area contributed by atoms with Crippen molar-refractivity contribution in [3.05, 3.63) is 47.3 Å². The third-order valence-electron chi connectivity index (χ3n) is 4.01. The van der Waals surface area contributed by atoms with Crippen molar-refractivity contribution in [2.45, 2.75) is 32.9 Å². The minimum absolute atomic E-state index is 0.121. The number of carbonyl (C=O) groups is 2. The third-order valence-corrected chi connectivity index (χ3v) is 4.01. The number of H-pyrrole nitrogens is 1. The van der Waals surface area contributed by atoms with E-state index in [9.17, 15) is 9.59 Å². The van der Waals surface area contributed by atoms with Crippen molar-refractivity contribution in [2.75, 3.05) is 4.90 Å². The Morgan fingerprint density at radius 1 is 1.41 bits per heavy atom. The number of fused-ring (bicyclic) bond motifs is 1. The molecule has 0 spiro atoms. The van der Waals surface area contributed by atoms with Crippen LogP contribution in [0.4, 0.5) is 5.69 Å². The van der Waals surface area contributed by atoms with Crippen LogP contribution in [0.2, 0.25) is 0 Å². The summed E-state index contributed by atoms with van der Waals surface area (Å²) in [5.74, 6) is -0.267. The Morgan fingerprint density at radius 2 is 2.18 bits per heavy atom. The molecular weight excluding hydrogens is 280 g/mol. The maximum absolute atomic E-state index is 12.5. The van der Waals surface area contributed by atoms with Gasteiger partial charge < -0.3 is 5.32 Å². The number of nitrogens with one attached hydrogen (secondary N) is 2. The predicted octanol–water partition coefficient (Wildman–Crippen LogP) is 1.31. The highest BCUT2D eigenvalue weighted by Gasteiger charge is 2.36. The lowest BCUT2D eigenvalue weighted by molar-refractivity contribution is -0.125. The largest absolute Gasteiger partial charge is 0.350 e. The van der Waals surface area contributed by atoms with E-state index in [0.717, 1.165) is 22.5 Å². The lowest BCUT2D eigenvalue weighted by atomic mass is 10.1. The number of nitrogens with zero attached hydrogens (tertiary/aromatic N) is 2. The molecule has 3 rings (SSSR count). The van der Waals surface area contributed by atoms with Gasteiger partial charge in [0.15, 0.2) is 0 Å². The van der Waals surface area contributed by atoms with E-state index in [1.165, 1.54) is 6.92 Å². The second-order valence-electron chi connectivity index (χ2n) is 5.48. The van der Waals surface area contributed by atoms with E-state index in [1.54, 1.807) is 11.1 Å². The molecule has 0 aliphatic carbocycles. The molecule has 0 radical (unpaired) electrons. The van der Waals surface area contributed by atoms with Crippen molar-refractivity contribution in [2.24, 2.45) is 0 Å². The summed E-state index contributed by atoms with van der Waals surface area (Å²) in [6, 6.07) is 7.15. The smallest absolute Gasteiger partial charge is 0.243 e. The molecule has 1 aromatic heterocycles. The topological polar surface area (TPSA) is 78.1 Å². The van der Waals surface area contributed by atoms with Crippen LogP contribution in [0.25, 0.3) is 0 Å². The number of para-hydroxylation sites is 1. The van der Waals surface area contributed by atoms with Crippen molar-refractivity contribution in [1.29, 1.82) is 0 Å². The first kappa shape index (κ1) is 14.3. The summed E-state index contributed by atoms with van der Waals surface area (Å²) in [4.78, 5) is 26.0. The number of carbonyl (C=O) groups excluding carboxylic acids is 2. The summed E-state index contributed by atoms with van der Waals surface area (Å²) in [7, 11) is 0. The van der Waals surface area contributed by atoms with Gasteiger partial charge in [-0.05, 0) is 18.6 Å². The zero-order valence-electron chi connectivity index (χ0n) is 12.6. The van der Waals surface area contributed by atoms with Gasteiger partial charge in [-0.2, -0.15) is 5.10 Å². The maximum Gasteiger partial charge on any atom is 0.243 e. The number of hydrogen-bond acceptors (Lipinski definition) is 3. The van der Waals surface area contributed by atoms with E-state index in [0.29, 0.717) is 13.0 Å². The van der Waals surface area contributed by atoms with E-state index in [4.69, 9.17) is 0 Å². The highest BCUT2D eigenvalue weighted by atomic mass is 16.2. The lowest BCUT2D eigenvalue weighted by Crippen LogP contribution is -2.47. The molecular formula is C16H18N4O2. The average molecular weight is 298 g/mol. The fourth-order valence-corrected chi connectivity index (χ4v) is 2.84. The molecule has 0 fully saturated rings. The molecule has 22 heavy (non-hydrogen) atoms. The van der Waals surface area contributed by atoms with Crippen LogP contribution in [0.3, 0.4) is 0 Å². The third kappa shape index (κ3) is 2.47. The highest BCUT2D eigenvalue weighted by Crippen LogP contribution is 2.32. The predicted molar refractivity (Wildman–Crippen MR) is 82.3 cm³/mol. The first-order valence-corrected chi connectivity index (χ1v) is 7.22. The van der Waals surface area contributed by atoms with Gasteiger partial charge in [0.05, 0.1) is 6.20 Å². The Morgan fingerprint density at radius 3 is 2.86 bits per heavy atom. The molecule has 0 saturated carbocycles. The Balaban J connectivity index is 1.75. The minimum atomic E-state index is -0.484. The fourth-order valence-electron chi connectivity index (χ4n) is 2.84. The zero-order valence-corrected chi connectivity index (χ0v) is 12.6. The van der Waals surface area contributed by atoms with Crippen molar-refractivity contribution < 1.29 is 9.59 Å². The molecule has 114 valence electrons. The molecule has 2 amide bonds. The Bertz CT molecular complexity index is 722. The maximum atomic E-state index is 12.5. The van der Waals surface area contributed by atoms with E-state index >= 15 is 0 Å². The first-order valence-electron chi connectivity index (χ1n) is 7.22. The number of amides is 2. The Hall–Kier alpha value is -2.63. The van der Waals surface area contributed by atoms with Gasteiger partial charge >= 0.3 is 0 Å². The van der Waals surface area contributed by atoms with Crippen LogP contribution >= 0.6 is 0 Å². The number of anilines is 1. The molecule has 1 aromatic carbocycles. The Kier molecular flexibility index (Phi) is 3.66. The van der Waals surface area contributed by atoms with Crippen LogP contribution in [-0.4, -0.2) is 28.1 Å². The molecule has 6 nitrogen and oxygen atoms in total. The van der Waals surface area contributed by atoms with Crippen LogP contribution in [0.15, 0.2) is 30.5 Å². The molecule has 2 aromatic rings. The minimum Gasteiger partial charge on any atom is -0.350 e. The number of aromatic nitrogens is 2. The van der Waals surface area contributed by atoms with Crippen molar-refractivity contribution >= 4 is 17.5 Å². The summed E-state index contributed by atoms with van der Waals surface area (Å²) >= 11 is 0. The number of benzene rings is 1. The van der Waals surface area contributed by atoms with Crippen LogP contribution in [0.1, 0.15) is 23.7 Å². The van der Waals surface area contributed by atoms with Crippen LogP contribution in [0.5, 0.6) is 0 Å². The number of aromatic amines is 1. The van der Waals surface area contributed by atoms with Gasteiger partial charge in [0, 0.05) is 36.8 Å².